The van der Waals surface area contributed by atoms with Crippen LogP contribution in [0.5, 0.6) is 11.5 Å². The first-order valence-corrected chi connectivity index (χ1v) is 10.6. The van der Waals surface area contributed by atoms with Gasteiger partial charge in [-0.05, 0) is 35.9 Å². The number of carbonyl (C=O) groups excluding carboxylic acids is 1. The number of hydrazone groups is 1. The Labute approximate surface area is 191 Å². The van der Waals surface area contributed by atoms with Crippen LogP contribution in [0.4, 0.5) is 0 Å². The van der Waals surface area contributed by atoms with Crippen LogP contribution in [0.2, 0.25) is 5.02 Å². The Morgan fingerprint density at radius 2 is 1.81 bits per heavy atom. The number of hydrogen-bond acceptors (Lipinski definition) is 6. The molecular weight excluding hydrogens is 428 g/mol. The van der Waals surface area contributed by atoms with E-state index in [-0.39, 0.29) is 12.0 Å². The maximum absolute atomic E-state index is 11.8. The molecule has 0 aliphatic carbocycles. The molecule has 2 aliphatic heterocycles. The molecule has 0 unspecified atom stereocenters. The molecule has 7 heteroatoms. The van der Waals surface area contributed by atoms with Crippen molar-refractivity contribution in [2.75, 3.05) is 14.2 Å². The standard InChI is InChI=1S/C25H21ClN2O4/c1-30-22-5-3-4-19-21-14-20(15-10-12-18(26)13-11-15)27-28(21)24(32-23(19)22)16-6-8-17(9-7-16)25(29)31-2/h3-13,21,24H,14H2,1-2H3/t21-,24+/m1/s1. The zero-order valence-electron chi connectivity index (χ0n) is 17.6. The van der Waals surface area contributed by atoms with Crippen molar-refractivity contribution < 1.29 is 19.0 Å². The number of hydrogen-bond donors (Lipinski definition) is 0. The molecule has 0 bridgehead atoms. The van der Waals surface area contributed by atoms with Gasteiger partial charge in [0.25, 0.3) is 0 Å². The van der Waals surface area contributed by atoms with E-state index in [1.54, 1.807) is 19.2 Å². The summed E-state index contributed by atoms with van der Waals surface area (Å²) in [6.45, 7) is 0. The van der Waals surface area contributed by atoms with E-state index in [1.165, 1.54) is 7.11 Å². The van der Waals surface area contributed by atoms with E-state index >= 15 is 0 Å². The topological polar surface area (TPSA) is 60.4 Å². The highest BCUT2D eigenvalue weighted by Crippen LogP contribution is 2.50. The molecule has 2 aliphatic rings. The molecule has 0 aromatic heterocycles. The summed E-state index contributed by atoms with van der Waals surface area (Å²) >= 11 is 6.07. The smallest absolute Gasteiger partial charge is 0.337 e. The third kappa shape index (κ3) is 3.46. The Bertz CT molecular complexity index is 1190. The van der Waals surface area contributed by atoms with E-state index in [4.69, 9.17) is 30.9 Å². The number of methoxy groups -OCH3 is 2. The highest BCUT2D eigenvalue weighted by atomic mass is 35.5. The fraction of sp³-hybridized carbons (Fsp3) is 0.200. The minimum Gasteiger partial charge on any atom is -0.493 e. The van der Waals surface area contributed by atoms with Crippen molar-refractivity contribution in [1.29, 1.82) is 0 Å². The second kappa shape index (κ2) is 8.20. The second-order valence-electron chi connectivity index (χ2n) is 7.62. The Balaban J connectivity index is 1.57. The molecule has 0 spiro atoms. The van der Waals surface area contributed by atoms with Gasteiger partial charge < -0.3 is 14.2 Å². The molecule has 0 fully saturated rings. The van der Waals surface area contributed by atoms with E-state index in [0.717, 1.165) is 28.8 Å². The van der Waals surface area contributed by atoms with Crippen LogP contribution in [-0.2, 0) is 4.74 Å². The predicted molar refractivity (Wildman–Crippen MR) is 121 cm³/mol. The predicted octanol–water partition coefficient (Wildman–Crippen LogP) is 5.38. The Morgan fingerprint density at radius 3 is 2.50 bits per heavy atom. The van der Waals surface area contributed by atoms with E-state index in [0.29, 0.717) is 22.1 Å². The van der Waals surface area contributed by atoms with Crippen molar-refractivity contribution in [3.63, 3.8) is 0 Å². The molecule has 3 aromatic rings. The zero-order chi connectivity index (χ0) is 22.2. The lowest BCUT2D eigenvalue weighted by Gasteiger charge is -2.38. The quantitative estimate of drug-likeness (QED) is 0.501. The molecule has 6 nitrogen and oxygen atoms in total. The van der Waals surface area contributed by atoms with Crippen LogP contribution in [0.25, 0.3) is 0 Å². The summed E-state index contributed by atoms with van der Waals surface area (Å²) in [5.41, 5.74) is 4.36. The highest BCUT2D eigenvalue weighted by molar-refractivity contribution is 6.30. The van der Waals surface area contributed by atoms with Crippen molar-refractivity contribution in [3.8, 4) is 11.5 Å². The van der Waals surface area contributed by atoms with E-state index < -0.39 is 6.23 Å². The van der Waals surface area contributed by atoms with Gasteiger partial charge in [0.1, 0.15) is 0 Å². The first-order valence-electron chi connectivity index (χ1n) is 10.2. The average molecular weight is 449 g/mol. The van der Waals surface area contributed by atoms with Gasteiger partial charge in [0, 0.05) is 22.6 Å². The van der Waals surface area contributed by atoms with Gasteiger partial charge in [-0.1, -0.05) is 48.0 Å². The first-order chi connectivity index (χ1) is 15.6. The molecule has 0 N–H and O–H groups in total. The molecule has 5 rings (SSSR count). The minimum atomic E-state index is -0.472. The van der Waals surface area contributed by atoms with Crippen LogP contribution in [0.1, 0.15) is 45.7 Å². The number of nitrogens with zero attached hydrogens (tertiary/aromatic N) is 2. The fourth-order valence-corrected chi connectivity index (χ4v) is 4.31. The Kier molecular flexibility index (Phi) is 5.23. The third-order valence-corrected chi connectivity index (χ3v) is 6.05. The maximum Gasteiger partial charge on any atom is 0.337 e. The molecule has 0 saturated carbocycles. The summed E-state index contributed by atoms with van der Waals surface area (Å²) < 4.78 is 16.8. The number of esters is 1. The van der Waals surface area contributed by atoms with Crippen LogP contribution < -0.4 is 9.47 Å². The SMILES string of the molecule is COC(=O)c1ccc([C@@H]2Oc3c(OC)cccc3[C@H]3CC(c4ccc(Cl)cc4)=NN32)cc1. The zero-order valence-corrected chi connectivity index (χ0v) is 18.4. The summed E-state index contributed by atoms with van der Waals surface area (Å²) in [6.07, 6.45) is 0.252. The molecule has 162 valence electrons. The minimum absolute atomic E-state index is 0.00943. The monoisotopic (exact) mass is 448 g/mol. The normalized spacial score (nSPS) is 18.8. The summed E-state index contributed by atoms with van der Waals surface area (Å²) in [5, 5.41) is 7.62. The van der Waals surface area contributed by atoms with Crippen molar-refractivity contribution >= 4 is 23.3 Å². The van der Waals surface area contributed by atoms with Gasteiger partial charge in [-0.3, -0.25) is 0 Å². The van der Waals surface area contributed by atoms with Crippen molar-refractivity contribution in [2.24, 2.45) is 5.10 Å². The third-order valence-electron chi connectivity index (χ3n) is 5.79. The number of carbonyl (C=O) groups is 1. The van der Waals surface area contributed by atoms with Gasteiger partial charge in [-0.25, -0.2) is 9.80 Å². The Hall–Kier alpha value is -3.51. The molecule has 2 atom stereocenters. The summed E-state index contributed by atoms with van der Waals surface area (Å²) in [4.78, 5) is 11.8. The first kappa shape index (κ1) is 20.4. The summed E-state index contributed by atoms with van der Waals surface area (Å²) in [5.74, 6) is 1.01. The molecule has 2 heterocycles. The van der Waals surface area contributed by atoms with E-state index in [1.807, 2.05) is 59.6 Å². The molecule has 0 radical (unpaired) electrons. The number of benzene rings is 3. The van der Waals surface area contributed by atoms with Crippen molar-refractivity contribution in [3.05, 3.63) is 94.0 Å². The number of ether oxygens (including phenoxy) is 3. The molecule has 3 aromatic carbocycles. The summed E-state index contributed by atoms with van der Waals surface area (Å²) in [7, 11) is 3.00. The van der Waals surface area contributed by atoms with Crippen LogP contribution in [-0.4, -0.2) is 30.9 Å². The van der Waals surface area contributed by atoms with Gasteiger partial charge in [0.2, 0.25) is 6.23 Å². The largest absolute Gasteiger partial charge is 0.493 e. The second-order valence-corrected chi connectivity index (χ2v) is 8.05. The van der Waals surface area contributed by atoms with Gasteiger partial charge >= 0.3 is 5.97 Å². The number of fused-ring (bicyclic) bond motifs is 3. The maximum atomic E-state index is 11.8. The van der Waals surface area contributed by atoms with Crippen molar-refractivity contribution in [2.45, 2.75) is 18.7 Å². The lowest BCUT2D eigenvalue weighted by molar-refractivity contribution is -0.0209. The summed E-state index contributed by atoms with van der Waals surface area (Å²) in [6, 6.07) is 20.8. The molecular formula is C25H21ClN2O4. The van der Waals surface area contributed by atoms with Crippen LogP contribution >= 0.6 is 11.6 Å². The fourth-order valence-electron chi connectivity index (χ4n) is 4.18. The van der Waals surface area contributed by atoms with Crippen LogP contribution in [0, 0.1) is 0 Å². The average Bonchev–Trinajstić information content (AvgIpc) is 3.29. The van der Waals surface area contributed by atoms with Crippen LogP contribution in [0.3, 0.4) is 0 Å². The van der Waals surface area contributed by atoms with Crippen LogP contribution in [0.15, 0.2) is 71.8 Å². The van der Waals surface area contributed by atoms with E-state index in [9.17, 15) is 4.79 Å². The number of rotatable bonds is 4. The number of para-hydroxylation sites is 1. The van der Waals surface area contributed by atoms with Gasteiger partial charge in [-0.15, -0.1) is 0 Å². The molecule has 32 heavy (non-hydrogen) atoms. The van der Waals surface area contributed by atoms with Gasteiger partial charge in [0.05, 0.1) is 31.5 Å². The van der Waals surface area contributed by atoms with Gasteiger partial charge in [-0.2, -0.15) is 5.10 Å². The van der Waals surface area contributed by atoms with E-state index in [2.05, 4.69) is 0 Å². The Morgan fingerprint density at radius 1 is 1.06 bits per heavy atom. The van der Waals surface area contributed by atoms with Gasteiger partial charge in [0.15, 0.2) is 11.5 Å². The van der Waals surface area contributed by atoms with Crippen molar-refractivity contribution in [1.82, 2.24) is 5.01 Å². The molecule has 0 amide bonds. The molecule has 0 saturated heterocycles. The lowest BCUT2D eigenvalue weighted by Crippen LogP contribution is -2.33. The lowest BCUT2D eigenvalue weighted by atomic mass is 9.95. The number of halogens is 1. The highest BCUT2D eigenvalue weighted by Gasteiger charge is 2.42.